The molecule has 14 heavy (non-hydrogen) atoms. The van der Waals surface area contributed by atoms with Gasteiger partial charge in [0.1, 0.15) is 10.6 Å². The molecule has 1 aromatic rings. The molecule has 0 aliphatic carbocycles. The second-order valence-corrected chi connectivity index (χ2v) is 4.00. The Morgan fingerprint density at radius 3 is 2.64 bits per heavy atom. The summed E-state index contributed by atoms with van der Waals surface area (Å²) in [7, 11) is 0. The second kappa shape index (κ2) is 4.10. The van der Waals surface area contributed by atoms with Crippen molar-refractivity contribution in [2.24, 2.45) is 5.73 Å². The maximum absolute atomic E-state index is 10.6. The van der Waals surface area contributed by atoms with Gasteiger partial charge >= 0.3 is 5.97 Å². The fraction of sp³-hybridized carbons (Fsp3) is 0.500. The summed E-state index contributed by atoms with van der Waals surface area (Å²) in [6.07, 6.45) is 1.48. The fourth-order valence-electron chi connectivity index (χ4n) is 1.06. The van der Waals surface area contributed by atoms with Crippen LogP contribution in [0, 0.1) is 0 Å². The van der Waals surface area contributed by atoms with Crippen LogP contribution in [0.2, 0.25) is 0 Å². The van der Waals surface area contributed by atoms with Gasteiger partial charge in [-0.05, 0) is 29.8 Å². The van der Waals surface area contributed by atoms with Crippen LogP contribution in [-0.2, 0) is 4.79 Å². The van der Waals surface area contributed by atoms with Crippen LogP contribution < -0.4 is 5.73 Å². The molecule has 1 heterocycles. The number of nitrogens with two attached hydrogens (primary N) is 1. The van der Waals surface area contributed by atoms with Crippen LogP contribution in [0.4, 0.5) is 0 Å². The van der Waals surface area contributed by atoms with Crippen molar-refractivity contribution in [1.82, 2.24) is 9.78 Å². The van der Waals surface area contributed by atoms with Gasteiger partial charge in [-0.25, -0.2) is 0 Å². The zero-order valence-electron chi connectivity index (χ0n) is 7.94. The van der Waals surface area contributed by atoms with Crippen LogP contribution >= 0.6 is 15.9 Å². The summed E-state index contributed by atoms with van der Waals surface area (Å²) in [4.78, 5) is 10.6. The Bertz CT molecular complexity index is 348. The highest BCUT2D eigenvalue weighted by Crippen LogP contribution is 2.24. The molecule has 0 aromatic carbocycles. The molecule has 3 N–H and O–H groups in total. The molecule has 0 aliphatic heterocycles. The summed E-state index contributed by atoms with van der Waals surface area (Å²) in [6.45, 7) is 3.90. The minimum absolute atomic E-state index is 0.166. The number of halogens is 1. The van der Waals surface area contributed by atoms with Crippen LogP contribution in [0.25, 0.3) is 0 Å². The number of carboxylic acid groups (broad SMARTS) is 1. The van der Waals surface area contributed by atoms with Gasteiger partial charge in [-0.15, -0.1) is 0 Å². The highest BCUT2D eigenvalue weighted by atomic mass is 79.9. The summed E-state index contributed by atoms with van der Waals surface area (Å²) in [5.74, 6) is -1.06. The molecule has 0 saturated heterocycles. The molecule has 1 atom stereocenters. The number of carbonyl (C=O) groups is 1. The van der Waals surface area contributed by atoms with Gasteiger partial charge in [-0.2, -0.15) is 5.10 Å². The van der Waals surface area contributed by atoms with Crippen molar-refractivity contribution < 1.29 is 9.90 Å². The third-order valence-electron chi connectivity index (χ3n) is 1.85. The first kappa shape index (κ1) is 11.2. The molecule has 0 aliphatic rings. The lowest BCUT2D eigenvalue weighted by Crippen LogP contribution is -2.20. The quantitative estimate of drug-likeness (QED) is 0.860. The lowest BCUT2D eigenvalue weighted by atomic mass is 10.2. The largest absolute Gasteiger partial charge is 0.480 e. The molecule has 0 radical (unpaired) electrons. The molecule has 6 heteroatoms. The van der Waals surface area contributed by atoms with E-state index in [1.54, 1.807) is 4.68 Å². The van der Waals surface area contributed by atoms with Crippen LogP contribution in [0.3, 0.4) is 0 Å². The Hall–Kier alpha value is -0.880. The zero-order valence-corrected chi connectivity index (χ0v) is 9.52. The molecular weight excluding hydrogens is 250 g/mol. The maximum Gasteiger partial charge on any atom is 0.325 e. The number of hydrogen-bond acceptors (Lipinski definition) is 3. The molecule has 0 spiro atoms. The van der Waals surface area contributed by atoms with Crippen LogP contribution in [0.15, 0.2) is 10.8 Å². The monoisotopic (exact) mass is 261 g/mol. The van der Waals surface area contributed by atoms with Crippen molar-refractivity contribution in [3.8, 4) is 0 Å². The molecule has 0 saturated carbocycles. The minimum Gasteiger partial charge on any atom is -0.480 e. The molecule has 5 nitrogen and oxygen atoms in total. The van der Waals surface area contributed by atoms with E-state index in [9.17, 15) is 4.79 Å². The summed E-state index contributed by atoms with van der Waals surface area (Å²) in [5, 5.41) is 12.8. The number of aliphatic carboxylic acids is 1. The third kappa shape index (κ3) is 1.96. The molecule has 0 fully saturated rings. The van der Waals surface area contributed by atoms with Gasteiger partial charge in [-0.1, -0.05) is 0 Å². The van der Waals surface area contributed by atoms with E-state index in [1.165, 1.54) is 6.20 Å². The first-order valence-electron chi connectivity index (χ1n) is 4.16. The van der Waals surface area contributed by atoms with E-state index in [0.29, 0.717) is 10.2 Å². The number of aromatic nitrogens is 2. The van der Waals surface area contributed by atoms with Gasteiger partial charge in [0.05, 0.1) is 6.20 Å². The zero-order chi connectivity index (χ0) is 10.9. The lowest BCUT2D eigenvalue weighted by molar-refractivity contribution is -0.138. The molecule has 0 bridgehead atoms. The average Bonchev–Trinajstić information content (AvgIpc) is 2.45. The van der Waals surface area contributed by atoms with E-state index in [0.717, 1.165) is 0 Å². The Labute approximate surface area is 90.0 Å². The standard InChI is InChI=1S/C8H12BrN3O2/c1-4(2)12-7(9)5(3-11-12)6(10)8(13)14/h3-4,6H,10H2,1-2H3,(H,13,14). The number of rotatable bonds is 3. The molecule has 78 valence electrons. The number of carboxylic acids is 1. The van der Waals surface area contributed by atoms with Gasteiger partial charge in [0.25, 0.3) is 0 Å². The molecule has 1 unspecified atom stereocenters. The van der Waals surface area contributed by atoms with Gasteiger partial charge in [0.2, 0.25) is 0 Å². The normalized spacial score (nSPS) is 13.2. The minimum atomic E-state index is -1.06. The van der Waals surface area contributed by atoms with Gasteiger partial charge in [-0.3, -0.25) is 9.48 Å². The Morgan fingerprint density at radius 2 is 2.29 bits per heavy atom. The highest BCUT2D eigenvalue weighted by molar-refractivity contribution is 9.10. The number of nitrogens with zero attached hydrogens (tertiary/aromatic N) is 2. The van der Waals surface area contributed by atoms with E-state index in [-0.39, 0.29) is 6.04 Å². The molecular formula is C8H12BrN3O2. The van der Waals surface area contributed by atoms with Crippen molar-refractivity contribution in [1.29, 1.82) is 0 Å². The summed E-state index contributed by atoms with van der Waals surface area (Å²) in [5.41, 5.74) is 5.96. The summed E-state index contributed by atoms with van der Waals surface area (Å²) >= 11 is 3.28. The summed E-state index contributed by atoms with van der Waals surface area (Å²) < 4.78 is 2.31. The molecule has 1 rings (SSSR count). The Balaban J connectivity index is 3.06. The predicted octanol–water partition coefficient (Wildman–Crippen LogP) is 1.31. The summed E-state index contributed by atoms with van der Waals surface area (Å²) in [6, 6.07) is -0.865. The predicted molar refractivity (Wildman–Crippen MR) is 54.9 cm³/mol. The Kier molecular flexibility index (Phi) is 3.28. The number of hydrogen-bond donors (Lipinski definition) is 2. The van der Waals surface area contributed by atoms with Gasteiger partial charge in [0.15, 0.2) is 0 Å². The average molecular weight is 262 g/mol. The van der Waals surface area contributed by atoms with E-state index < -0.39 is 12.0 Å². The fourth-order valence-corrected chi connectivity index (χ4v) is 1.91. The maximum atomic E-state index is 10.6. The van der Waals surface area contributed by atoms with E-state index >= 15 is 0 Å². The lowest BCUT2D eigenvalue weighted by Gasteiger charge is -2.08. The topological polar surface area (TPSA) is 81.1 Å². The van der Waals surface area contributed by atoms with Crippen molar-refractivity contribution in [2.45, 2.75) is 25.9 Å². The van der Waals surface area contributed by atoms with Crippen molar-refractivity contribution in [2.75, 3.05) is 0 Å². The van der Waals surface area contributed by atoms with Crippen molar-refractivity contribution >= 4 is 21.9 Å². The smallest absolute Gasteiger partial charge is 0.325 e. The van der Waals surface area contributed by atoms with Crippen molar-refractivity contribution in [3.05, 3.63) is 16.4 Å². The Morgan fingerprint density at radius 1 is 1.71 bits per heavy atom. The van der Waals surface area contributed by atoms with E-state index in [4.69, 9.17) is 10.8 Å². The van der Waals surface area contributed by atoms with E-state index in [1.807, 2.05) is 13.8 Å². The first-order valence-corrected chi connectivity index (χ1v) is 4.95. The van der Waals surface area contributed by atoms with Crippen LogP contribution in [0.1, 0.15) is 31.5 Å². The molecule has 1 aromatic heterocycles. The second-order valence-electron chi connectivity index (χ2n) is 3.24. The third-order valence-corrected chi connectivity index (χ3v) is 2.67. The SMILES string of the molecule is CC(C)n1ncc(C(N)C(=O)O)c1Br. The van der Waals surface area contributed by atoms with E-state index in [2.05, 4.69) is 21.0 Å². The highest BCUT2D eigenvalue weighted by Gasteiger charge is 2.21. The first-order chi connectivity index (χ1) is 6.45. The van der Waals surface area contributed by atoms with Gasteiger partial charge in [0, 0.05) is 11.6 Å². The van der Waals surface area contributed by atoms with Crippen LogP contribution in [0.5, 0.6) is 0 Å². The van der Waals surface area contributed by atoms with Crippen LogP contribution in [-0.4, -0.2) is 20.9 Å². The van der Waals surface area contributed by atoms with Crippen molar-refractivity contribution in [3.63, 3.8) is 0 Å². The molecule has 0 amide bonds. The van der Waals surface area contributed by atoms with Gasteiger partial charge < -0.3 is 10.8 Å².